The molecule has 1 aliphatic carbocycles. The first-order valence-electron chi connectivity index (χ1n) is 10.9. The number of Topliss-reactive ketones (excluding diaryl/α,β-unsaturated/α-hetero) is 1. The van der Waals surface area contributed by atoms with E-state index in [1.807, 2.05) is 12.1 Å². The molecule has 0 amide bonds. The van der Waals surface area contributed by atoms with Crippen molar-refractivity contribution in [3.05, 3.63) is 71.9 Å². The first-order chi connectivity index (χ1) is 16.1. The van der Waals surface area contributed by atoms with Gasteiger partial charge in [-0.3, -0.25) is 18.9 Å². The fraction of sp³-hybridized carbons (Fsp3) is 0.280. The van der Waals surface area contributed by atoms with Crippen LogP contribution in [0.25, 0.3) is 11.3 Å². The Hall–Kier alpha value is -3.01. The van der Waals surface area contributed by atoms with Crippen molar-refractivity contribution >= 4 is 16.4 Å². The molecule has 34 heavy (non-hydrogen) atoms. The van der Waals surface area contributed by atoms with Crippen LogP contribution in [0, 0.1) is 0 Å². The summed E-state index contributed by atoms with van der Waals surface area (Å²) in [5, 5.41) is 0. The second kappa shape index (κ2) is 8.04. The Balaban J connectivity index is 1.34. The van der Waals surface area contributed by atoms with Gasteiger partial charge < -0.3 is 9.47 Å². The lowest BCUT2D eigenvalue weighted by molar-refractivity contribution is -0.286. The summed E-state index contributed by atoms with van der Waals surface area (Å²) in [5.41, 5.74) is 1.97. The van der Waals surface area contributed by atoms with Crippen LogP contribution in [0.5, 0.6) is 11.5 Å². The molecular formula is C25H23F2NO5S. The molecule has 1 aromatic heterocycles. The van der Waals surface area contributed by atoms with E-state index in [-0.39, 0.29) is 29.5 Å². The molecule has 0 spiro atoms. The van der Waals surface area contributed by atoms with Crippen molar-refractivity contribution < 1.29 is 32.2 Å². The van der Waals surface area contributed by atoms with Gasteiger partial charge in [-0.1, -0.05) is 24.3 Å². The first kappa shape index (κ1) is 22.8. The van der Waals surface area contributed by atoms with Gasteiger partial charge in [-0.15, -0.1) is 8.78 Å². The van der Waals surface area contributed by atoms with Crippen molar-refractivity contribution in [3.8, 4) is 22.8 Å². The highest BCUT2D eigenvalue weighted by molar-refractivity contribution is 8.24. The van der Waals surface area contributed by atoms with E-state index in [1.165, 1.54) is 12.1 Å². The lowest BCUT2D eigenvalue weighted by atomic mass is 9.88. The minimum atomic E-state index is -3.70. The molecule has 0 saturated heterocycles. The van der Waals surface area contributed by atoms with Gasteiger partial charge in [0.15, 0.2) is 11.5 Å². The molecule has 0 radical (unpaired) electrons. The van der Waals surface area contributed by atoms with Gasteiger partial charge in [0.2, 0.25) is 0 Å². The van der Waals surface area contributed by atoms with E-state index >= 15 is 0 Å². The van der Waals surface area contributed by atoms with E-state index in [2.05, 4.69) is 14.5 Å². The van der Waals surface area contributed by atoms with Crippen molar-refractivity contribution in [2.75, 3.05) is 5.75 Å². The van der Waals surface area contributed by atoms with Crippen molar-refractivity contribution in [2.24, 2.45) is 0 Å². The molecule has 2 N–H and O–H groups in total. The third-order valence-corrected chi connectivity index (χ3v) is 8.15. The van der Waals surface area contributed by atoms with Crippen LogP contribution in [-0.4, -0.2) is 31.9 Å². The number of hydrogen-bond donors (Lipinski definition) is 2. The molecule has 0 unspecified atom stereocenters. The average molecular weight is 488 g/mol. The number of hydrogen-bond acceptors (Lipinski definition) is 6. The number of nitrogens with zero attached hydrogens (tertiary/aromatic N) is 1. The van der Waals surface area contributed by atoms with Gasteiger partial charge in [0.1, 0.15) is 5.78 Å². The Bertz CT molecular complexity index is 1260. The summed E-state index contributed by atoms with van der Waals surface area (Å²) < 4.78 is 55.9. The second-order valence-corrected chi connectivity index (χ2v) is 10.9. The number of ether oxygens (including phenoxy) is 2. The molecule has 1 fully saturated rings. The summed E-state index contributed by atoms with van der Waals surface area (Å²) in [4.78, 5) is 18.3. The summed E-state index contributed by atoms with van der Waals surface area (Å²) in [7, 11) is -2.79. The SMILES string of the molecule is CCS(O)(O)c1ccc(-c2cccc(CC(=O)C3(c4ccc5c(c4)OC(F)(F)O5)CC3)n2)cc1. The zero-order valence-electron chi connectivity index (χ0n) is 18.3. The summed E-state index contributed by atoms with van der Waals surface area (Å²) in [6.07, 6.45) is -2.33. The van der Waals surface area contributed by atoms with Gasteiger partial charge in [-0.2, -0.15) is 10.6 Å². The summed E-state index contributed by atoms with van der Waals surface area (Å²) >= 11 is 0. The first-order valence-corrected chi connectivity index (χ1v) is 12.6. The van der Waals surface area contributed by atoms with Crippen LogP contribution < -0.4 is 9.47 Å². The molecule has 5 rings (SSSR count). The Morgan fingerprint density at radius 3 is 2.41 bits per heavy atom. The van der Waals surface area contributed by atoms with E-state index in [0.717, 1.165) is 5.56 Å². The summed E-state index contributed by atoms with van der Waals surface area (Å²) in [6, 6.07) is 16.8. The van der Waals surface area contributed by atoms with Crippen LogP contribution in [0.4, 0.5) is 8.78 Å². The Kier molecular flexibility index (Phi) is 5.38. The molecule has 0 bridgehead atoms. The number of fused-ring (bicyclic) bond motifs is 1. The summed E-state index contributed by atoms with van der Waals surface area (Å²) in [5.74, 6) is 0.104. The normalized spacial score (nSPS) is 17.9. The van der Waals surface area contributed by atoms with Crippen molar-refractivity contribution in [2.45, 2.75) is 42.8 Å². The second-order valence-electron chi connectivity index (χ2n) is 8.51. The molecule has 2 heterocycles. The molecule has 178 valence electrons. The fourth-order valence-corrected chi connectivity index (χ4v) is 5.09. The van der Waals surface area contributed by atoms with E-state index in [4.69, 9.17) is 0 Å². The lowest BCUT2D eigenvalue weighted by Gasteiger charge is -2.30. The van der Waals surface area contributed by atoms with Crippen LogP contribution in [0.1, 0.15) is 31.0 Å². The number of carbonyl (C=O) groups excluding carboxylic acids is 1. The molecule has 6 nitrogen and oxygen atoms in total. The highest BCUT2D eigenvalue weighted by Crippen LogP contribution is 2.52. The largest absolute Gasteiger partial charge is 0.586 e. The molecule has 0 atom stereocenters. The van der Waals surface area contributed by atoms with Gasteiger partial charge in [0, 0.05) is 23.4 Å². The number of carbonyl (C=O) groups is 1. The maximum absolute atomic E-state index is 13.4. The maximum atomic E-state index is 13.4. The molecule has 2 aromatic carbocycles. The highest BCUT2D eigenvalue weighted by atomic mass is 32.3. The fourth-order valence-electron chi connectivity index (χ4n) is 4.18. The number of ketones is 1. The molecular weight excluding hydrogens is 464 g/mol. The Labute approximate surface area is 196 Å². The van der Waals surface area contributed by atoms with Gasteiger partial charge in [-0.05, 0) is 61.7 Å². The third-order valence-electron chi connectivity index (χ3n) is 6.32. The van der Waals surface area contributed by atoms with Crippen LogP contribution >= 0.6 is 10.6 Å². The van der Waals surface area contributed by atoms with Gasteiger partial charge in [0.05, 0.1) is 16.0 Å². The molecule has 3 aromatic rings. The average Bonchev–Trinajstić information content (AvgIpc) is 3.56. The Morgan fingerprint density at radius 1 is 1.03 bits per heavy atom. The van der Waals surface area contributed by atoms with Crippen LogP contribution in [0.3, 0.4) is 0 Å². The summed E-state index contributed by atoms with van der Waals surface area (Å²) in [6.45, 7) is 1.72. The van der Waals surface area contributed by atoms with Crippen LogP contribution in [0.2, 0.25) is 0 Å². The van der Waals surface area contributed by atoms with Crippen molar-refractivity contribution in [1.29, 1.82) is 0 Å². The quantitative estimate of drug-likeness (QED) is 0.422. The van der Waals surface area contributed by atoms with E-state index in [0.29, 0.717) is 34.7 Å². The topological polar surface area (TPSA) is 88.9 Å². The maximum Gasteiger partial charge on any atom is 0.586 e. The predicted molar refractivity (Wildman–Crippen MR) is 124 cm³/mol. The number of alkyl halides is 2. The van der Waals surface area contributed by atoms with Crippen molar-refractivity contribution in [1.82, 2.24) is 4.98 Å². The van der Waals surface area contributed by atoms with Crippen molar-refractivity contribution in [3.63, 3.8) is 0 Å². The van der Waals surface area contributed by atoms with Crippen LogP contribution in [0.15, 0.2) is 65.6 Å². The number of rotatable bonds is 7. The Morgan fingerprint density at radius 2 is 1.74 bits per heavy atom. The minimum Gasteiger partial charge on any atom is -0.395 e. The molecule has 2 aliphatic rings. The van der Waals surface area contributed by atoms with Gasteiger partial charge >= 0.3 is 6.29 Å². The highest BCUT2D eigenvalue weighted by Gasteiger charge is 2.52. The zero-order valence-corrected chi connectivity index (χ0v) is 19.1. The number of pyridine rings is 1. The monoisotopic (exact) mass is 487 g/mol. The lowest BCUT2D eigenvalue weighted by Crippen LogP contribution is -2.26. The zero-order chi connectivity index (χ0) is 24.1. The standard InChI is InChI=1S/C25H23F2NO5S/c1-2-34(30,31)19-9-6-16(7-10-19)20-5-3-4-18(28-20)15-23(29)24(12-13-24)17-8-11-21-22(14-17)33-25(26,27)32-21/h3-11,14,30-31H,2,12-13,15H2,1H3. The smallest absolute Gasteiger partial charge is 0.395 e. The predicted octanol–water partition coefficient (Wildman–Crippen LogP) is 6.04. The third kappa shape index (κ3) is 4.15. The van der Waals surface area contributed by atoms with Gasteiger partial charge in [0.25, 0.3) is 0 Å². The molecule has 1 saturated carbocycles. The number of halogens is 2. The van der Waals surface area contributed by atoms with E-state index in [1.54, 1.807) is 43.3 Å². The van der Waals surface area contributed by atoms with Gasteiger partial charge in [-0.25, -0.2) is 0 Å². The molecule has 9 heteroatoms. The van der Waals surface area contributed by atoms with E-state index < -0.39 is 22.3 Å². The minimum absolute atomic E-state index is 0.0324. The number of benzene rings is 2. The van der Waals surface area contributed by atoms with E-state index in [9.17, 15) is 22.7 Å². The number of aromatic nitrogens is 1. The molecule has 1 aliphatic heterocycles. The van der Waals surface area contributed by atoms with Crippen LogP contribution in [-0.2, 0) is 16.6 Å².